The molecule has 1 aromatic heterocycles. The number of ether oxygens (including phenoxy) is 6. The monoisotopic (exact) mass is 601 g/mol. The Morgan fingerprint density at radius 1 is 0.548 bits per heavy atom. The largest absolute Gasteiger partial charge is 0.382 e. The van der Waals surface area contributed by atoms with E-state index in [1.54, 1.807) is 0 Å². The van der Waals surface area contributed by atoms with Crippen LogP contribution < -0.4 is 28.3 Å². The summed E-state index contributed by atoms with van der Waals surface area (Å²) in [6, 6.07) is 0. The van der Waals surface area contributed by atoms with E-state index in [4.69, 9.17) is 51.4 Å². The van der Waals surface area contributed by atoms with E-state index in [9.17, 15) is 9.59 Å². The van der Waals surface area contributed by atoms with E-state index in [1.807, 2.05) is 0 Å². The average Bonchev–Trinajstić information content (AvgIpc) is 2.98. The third-order valence-electron chi connectivity index (χ3n) is 5.60. The Morgan fingerprint density at radius 2 is 0.952 bits per heavy atom. The van der Waals surface area contributed by atoms with E-state index in [0.29, 0.717) is 118 Å². The fraction of sp³-hybridized carbons (Fsp3) is 0.778. The number of carbonyl (C=O) groups is 2. The molecule has 0 aromatic carbocycles. The number of unbranched alkanes of at least 4 members (excludes halogenated alkanes) is 1. The molecule has 0 saturated heterocycles. The van der Waals surface area contributed by atoms with Crippen molar-refractivity contribution < 1.29 is 38.0 Å². The summed E-state index contributed by atoms with van der Waals surface area (Å²) in [5.41, 5.74) is 22.4. The fourth-order valence-electron chi connectivity index (χ4n) is 3.36. The molecule has 15 heteroatoms. The van der Waals surface area contributed by atoms with Gasteiger partial charge in [0.2, 0.25) is 0 Å². The summed E-state index contributed by atoms with van der Waals surface area (Å²) in [7, 11) is 0. The van der Waals surface area contributed by atoms with Crippen molar-refractivity contribution in [3.05, 3.63) is 11.4 Å². The van der Waals surface area contributed by atoms with Gasteiger partial charge in [0.1, 0.15) is 0 Å². The summed E-state index contributed by atoms with van der Waals surface area (Å²) in [5.74, 6) is -1.10. The van der Waals surface area contributed by atoms with Gasteiger partial charge < -0.3 is 56.7 Å². The predicted molar refractivity (Wildman–Crippen MR) is 158 cm³/mol. The molecule has 242 valence electrons. The minimum Gasteiger partial charge on any atom is -0.382 e. The van der Waals surface area contributed by atoms with Crippen molar-refractivity contribution in [2.24, 2.45) is 11.5 Å². The second-order valence-electron chi connectivity index (χ2n) is 9.14. The van der Waals surface area contributed by atoms with Crippen molar-refractivity contribution in [3.8, 4) is 0 Å². The number of anilines is 2. The number of nitrogens with two attached hydrogens (primary N) is 4. The van der Waals surface area contributed by atoms with Crippen LogP contribution in [0, 0.1) is 0 Å². The number of carbonyl (C=O) groups excluding carboxylic acids is 2. The smallest absolute Gasteiger partial charge is 0.273 e. The van der Waals surface area contributed by atoms with Gasteiger partial charge in [-0.15, -0.1) is 0 Å². The maximum absolute atomic E-state index is 12.6. The van der Waals surface area contributed by atoms with Crippen molar-refractivity contribution in [3.63, 3.8) is 0 Å². The Morgan fingerprint density at radius 3 is 1.45 bits per heavy atom. The van der Waals surface area contributed by atoms with Crippen molar-refractivity contribution in [2.45, 2.75) is 38.5 Å². The van der Waals surface area contributed by atoms with Crippen LogP contribution in [-0.4, -0.2) is 121 Å². The van der Waals surface area contributed by atoms with Crippen LogP contribution >= 0.6 is 0 Å². The van der Waals surface area contributed by atoms with E-state index >= 15 is 0 Å². The second-order valence-corrected chi connectivity index (χ2v) is 9.14. The molecular weight excluding hydrogens is 550 g/mol. The maximum Gasteiger partial charge on any atom is 0.273 e. The first-order valence-electron chi connectivity index (χ1n) is 14.6. The topological polar surface area (TPSA) is 231 Å². The first-order chi connectivity index (χ1) is 20.5. The summed E-state index contributed by atoms with van der Waals surface area (Å²) >= 11 is 0. The molecule has 0 saturated carbocycles. The van der Waals surface area contributed by atoms with Crippen molar-refractivity contribution in [1.82, 2.24) is 15.3 Å². The zero-order valence-corrected chi connectivity index (χ0v) is 24.8. The number of nitrogens with zero attached hydrogens (tertiary/aromatic N) is 2. The number of aromatic nitrogens is 2. The highest BCUT2D eigenvalue weighted by Crippen LogP contribution is 2.16. The highest BCUT2D eigenvalue weighted by molar-refractivity contribution is 6.01. The van der Waals surface area contributed by atoms with Crippen LogP contribution in [0.3, 0.4) is 0 Å². The highest BCUT2D eigenvalue weighted by atomic mass is 16.5. The molecule has 42 heavy (non-hydrogen) atoms. The number of rotatable bonds is 29. The number of nitrogen functional groups attached to an aromatic ring is 2. The van der Waals surface area contributed by atoms with Gasteiger partial charge in [-0.2, -0.15) is 0 Å². The molecule has 1 rings (SSSR count). The molecule has 0 unspecified atom stereocenters. The number of amides is 1. The van der Waals surface area contributed by atoms with Gasteiger partial charge in [0.25, 0.3) is 5.91 Å². The highest BCUT2D eigenvalue weighted by Gasteiger charge is 2.20. The molecule has 0 fully saturated rings. The summed E-state index contributed by atoms with van der Waals surface area (Å²) in [4.78, 5) is 33.1. The minimum absolute atomic E-state index is 0.0372. The molecule has 0 aliphatic heterocycles. The van der Waals surface area contributed by atoms with Crippen LogP contribution in [0.2, 0.25) is 0 Å². The minimum atomic E-state index is -0.524. The van der Waals surface area contributed by atoms with Crippen LogP contribution in [-0.2, 0) is 28.4 Å². The summed E-state index contributed by atoms with van der Waals surface area (Å²) in [5, 5.41) is 2.70. The van der Waals surface area contributed by atoms with Gasteiger partial charge >= 0.3 is 0 Å². The molecule has 1 amide bonds. The van der Waals surface area contributed by atoms with Crippen LogP contribution in [0.1, 0.15) is 59.5 Å². The molecule has 0 aliphatic rings. The third kappa shape index (κ3) is 18.8. The normalized spacial score (nSPS) is 11.2. The number of ketones is 1. The van der Waals surface area contributed by atoms with Gasteiger partial charge in [-0.25, -0.2) is 9.97 Å². The van der Waals surface area contributed by atoms with E-state index in [1.165, 1.54) is 0 Å². The Bertz CT molecular complexity index is 783. The molecule has 0 radical (unpaired) electrons. The first kappa shape index (κ1) is 37.5. The Labute approximate surface area is 248 Å². The molecule has 15 nitrogen and oxygen atoms in total. The van der Waals surface area contributed by atoms with Crippen molar-refractivity contribution in [1.29, 1.82) is 0 Å². The van der Waals surface area contributed by atoms with E-state index < -0.39 is 5.91 Å². The number of hydrogen-bond donors (Lipinski definition) is 5. The molecule has 1 heterocycles. The molecule has 0 aliphatic carbocycles. The van der Waals surface area contributed by atoms with Crippen LogP contribution in [0.15, 0.2) is 0 Å². The molecule has 9 N–H and O–H groups in total. The van der Waals surface area contributed by atoms with Gasteiger partial charge in [0.15, 0.2) is 28.8 Å². The zero-order valence-electron chi connectivity index (χ0n) is 24.8. The molecule has 0 atom stereocenters. The fourth-order valence-corrected chi connectivity index (χ4v) is 3.36. The summed E-state index contributed by atoms with van der Waals surface area (Å²) in [6.45, 7) is 7.68. The van der Waals surface area contributed by atoms with Gasteiger partial charge in [-0.05, 0) is 45.2 Å². The maximum atomic E-state index is 12.6. The Kier molecular flexibility index (Phi) is 23.4. The van der Waals surface area contributed by atoms with E-state index in [2.05, 4.69) is 15.3 Å². The zero-order chi connectivity index (χ0) is 30.7. The summed E-state index contributed by atoms with van der Waals surface area (Å²) in [6.07, 6.45) is 3.71. The van der Waals surface area contributed by atoms with Gasteiger partial charge in [0.05, 0.1) is 52.9 Å². The lowest BCUT2D eigenvalue weighted by atomic mass is 10.1. The molecule has 0 spiro atoms. The summed E-state index contributed by atoms with van der Waals surface area (Å²) < 4.78 is 32.5. The molecular formula is C27H51N7O8. The lowest BCUT2D eigenvalue weighted by molar-refractivity contribution is 0.0138. The standard InChI is InChI=1S/C27H51N7O8/c28-7-3-11-38-15-19-41-18-14-37-10-2-1-6-22(35)23-25(30)34-24(26(31)33-23)27(36)32-9-5-13-40-17-21-42-20-16-39-12-4-8-29/h1-21,28-29H2,(H2,30,34)(H2,31,33)(H,32,36). The Balaban J connectivity index is 2.15. The van der Waals surface area contributed by atoms with E-state index in [-0.39, 0.29) is 35.2 Å². The van der Waals surface area contributed by atoms with Gasteiger partial charge in [-0.3, -0.25) is 9.59 Å². The second kappa shape index (κ2) is 26.2. The van der Waals surface area contributed by atoms with E-state index in [0.717, 1.165) is 12.8 Å². The molecule has 1 aromatic rings. The Hall–Kier alpha value is -2.50. The van der Waals surface area contributed by atoms with Crippen LogP contribution in [0.25, 0.3) is 0 Å². The van der Waals surface area contributed by atoms with Crippen LogP contribution in [0.4, 0.5) is 11.6 Å². The number of Topliss-reactive ketones (excluding diaryl/α,β-unsaturated/α-hetero) is 1. The lowest BCUT2D eigenvalue weighted by Gasteiger charge is -2.10. The number of nitrogens with one attached hydrogen (secondary N) is 1. The molecule has 0 bridgehead atoms. The predicted octanol–water partition coefficient (Wildman–Crippen LogP) is -0.0889. The van der Waals surface area contributed by atoms with Crippen LogP contribution in [0.5, 0.6) is 0 Å². The van der Waals surface area contributed by atoms with Gasteiger partial charge in [-0.1, -0.05) is 0 Å². The quantitative estimate of drug-likeness (QED) is 0.0597. The average molecular weight is 602 g/mol. The van der Waals surface area contributed by atoms with Gasteiger partial charge in [0, 0.05) is 39.4 Å². The lowest BCUT2D eigenvalue weighted by Crippen LogP contribution is -2.28. The van der Waals surface area contributed by atoms with Crippen molar-refractivity contribution >= 4 is 23.3 Å². The van der Waals surface area contributed by atoms with Crippen molar-refractivity contribution in [2.75, 3.05) is 110 Å². The third-order valence-corrected chi connectivity index (χ3v) is 5.60. The first-order valence-corrected chi connectivity index (χ1v) is 14.6. The SMILES string of the molecule is NCCCOCCOCCOCCCCC(=O)c1nc(N)c(C(=O)NCCCOCCOCCOCCCN)nc1N. The number of hydrogen-bond acceptors (Lipinski definition) is 14.